The number of benzene rings is 1. The molecule has 0 radical (unpaired) electrons. The van der Waals surface area contributed by atoms with Crippen molar-refractivity contribution in [3.05, 3.63) is 30.1 Å². The van der Waals surface area contributed by atoms with Gasteiger partial charge >= 0.3 is 5.97 Å². The fourth-order valence-electron chi connectivity index (χ4n) is 0.689. The van der Waals surface area contributed by atoms with Crippen molar-refractivity contribution in [3.8, 4) is 5.75 Å². The van der Waals surface area contributed by atoms with E-state index in [9.17, 15) is 9.18 Å². The van der Waals surface area contributed by atoms with Gasteiger partial charge in [-0.05, 0) is 12.1 Å². The maximum Gasteiger partial charge on any atom is 0.326 e. The van der Waals surface area contributed by atoms with Crippen LogP contribution in [0.4, 0.5) is 4.39 Å². The Bertz CT molecular complexity index is 288. The van der Waals surface area contributed by atoms with Gasteiger partial charge in [0.1, 0.15) is 17.4 Å². The first-order chi connectivity index (χ1) is 5.72. The second-order valence-electron chi connectivity index (χ2n) is 2.07. The third-order valence-electron chi connectivity index (χ3n) is 1.14. The van der Waals surface area contributed by atoms with Crippen LogP contribution in [0.2, 0.25) is 0 Å². The van der Waals surface area contributed by atoms with Crippen molar-refractivity contribution in [1.82, 2.24) is 0 Å². The molecule has 0 bridgehead atoms. The number of halogens is 2. The summed E-state index contributed by atoms with van der Waals surface area (Å²) in [6, 6.07) is 5.31. The van der Waals surface area contributed by atoms with Crippen LogP contribution in [0.25, 0.3) is 0 Å². The Morgan fingerprint density at radius 1 is 1.58 bits per heavy atom. The smallest absolute Gasteiger partial charge is 0.326 e. The van der Waals surface area contributed by atoms with Gasteiger partial charge in [0.05, 0.1) is 0 Å². The predicted molar refractivity (Wildman–Crippen MR) is 42.8 cm³/mol. The zero-order valence-electron chi connectivity index (χ0n) is 6.09. The number of hydrogen-bond acceptors (Lipinski definition) is 2. The summed E-state index contributed by atoms with van der Waals surface area (Å²) in [5, 5.41) is 0. The molecule has 0 aliphatic rings. The molecule has 0 amide bonds. The molecular formula is C8H6ClFO2. The normalized spacial score (nSPS) is 9.50. The second kappa shape index (κ2) is 4.07. The highest BCUT2D eigenvalue weighted by Crippen LogP contribution is 2.11. The first kappa shape index (κ1) is 9.00. The third-order valence-corrected chi connectivity index (χ3v) is 1.36. The van der Waals surface area contributed by atoms with Crippen LogP contribution in [-0.2, 0) is 4.79 Å². The number of esters is 1. The van der Waals surface area contributed by atoms with Gasteiger partial charge in [-0.25, -0.2) is 4.39 Å². The van der Waals surface area contributed by atoms with E-state index in [1.165, 1.54) is 18.2 Å². The van der Waals surface area contributed by atoms with Crippen LogP contribution >= 0.6 is 11.6 Å². The predicted octanol–water partition coefficient (Wildman–Crippen LogP) is 1.97. The van der Waals surface area contributed by atoms with E-state index < -0.39 is 11.8 Å². The lowest BCUT2D eigenvalue weighted by Gasteiger charge is -2.00. The average Bonchev–Trinajstić information content (AvgIpc) is 2.04. The van der Waals surface area contributed by atoms with Crippen molar-refractivity contribution < 1.29 is 13.9 Å². The molecule has 0 aliphatic heterocycles. The van der Waals surface area contributed by atoms with E-state index >= 15 is 0 Å². The van der Waals surface area contributed by atoms with Crippen LogP contribution in [0.15, 0.2) is 24.3 Å². The van der Waals surface area contributed by atoms with E-state index in [0.717, 1.165) is 6.07 Å². The molecule has 0 aliphatic carbocycles. The van der Waals surface area contributed by atoms with Crippen LogP contribution in [-0.4, -0.2) is 11.8 Å². The number of carbonyl (C=O) groups is 1. The van der Waals surface area contributed by atoms with Crippen LogP contribution < -0.4 is 4.74 Å². The lowest BCUT2D eigenvalue weighted by molar-refractivity contribution is -0.131. The van der Waals surface area contributed by atoms with Gasteiger partial charge in [0.15, 0.2) is 0 Å². The van der Waals surface area contributed by atoms with Gasteiger partial charge in [0.2, 0.25) is 0 Å². The fourth-order valence-corrected chi connectivity index (χ4v) is 0.744. The highest BCUT2D eigenvalue weighted by Gasteiger charge is 2.02. The summed E-state index contributed by atoms with van der Waals surface area (Å²) >= 11 is 5.17. The van der Waals surface area contributed by atoms with Gasteiger partial charge in [-0.1, -0.05) is 6.07 Å². The molecule has 12 heavy (non-hydrogen) atoms. The number of carbonyl (C=O) groups excluding carboxylic acids is 1. The largest absolute Gasteiger partial charge is 0.426 e. The van der Waals surface area contributed by atoms with Crippen LogP contribution in [0.3, 0.4) is 0 Å². The van der Waals surface area contributed by atoms with E-state index in [2.05, 4.69) is 4.74 Å². The number of hydrogen-bond donors (Lipinski definition) is 0. The zero-order valence-corrected chi connectivity index (χ0v) is 6.84. The summed E-state index contributed by atoms with van der Waals surface area (Å²) < 4.78 is 17.1. The molecule has 0 saturated carbocycles. The molecule has 2 nitrogen and oxygen atoms in total. The molecular weight excluding hydrogens is 183 g/mol. The summed E-state index contributed by atoms with van der Waals surface area (Å²) in [7, 11) is 0. The molecule has 1 aromatic rings. The standard InChI is InChI=1S/C8H6ClFO2/c9-5-8(11)12-7-3-1-2-6(10)4-7/h1-4H,5H2. The highest BCUT2D eigenvalue weighted by atomic mass is 35.5. The van der Waals surface area contributed by atoms with E-state index in [0.29, 0.717) is 0 Å². The van der Waals surface area contributed by atoms with Gasteiger partial charge in [0, 0.05) is 6.07 Å². The molecule has 0 unspecified atom stereocenters. The fraction of sp³-hybridized carbons (Fsp3) is 0.125. The second-order valence-corrected chi connectivity index (χ2v) is 2.33. The summed E-state index contributed by atoms with van der Waals surface area (Å²) in [6.45, 7) is 0. The first-order valence-electron chi connectivity index (χ1n) is 3.24. The number of alkyl halides is 1. The number of ether oxygens (including phenoxy) is 1. The molecule has 0 spiro atoms. The monoisotopic (exact) mass is 188 g/mol. The van der Waals surface area contributed by atoms with Crippen molar-refractivity contribution in [1.29, 1.82) is 0 Å². The maximum atomic E-state index is 12.5. The Balaban J connectivity index is 2.69. The Labute approximate surface area is 73.9 Å². The van der Waals surface area contributed by atoms with Gasteiger partial charge in [0.25, 0.3) is 0 Å². The van der Waals surface area contributed by atoms with Crippen LogP contribution in [0, 0.1) is 5.82 Å². The molecule has 0 N–H and O–H groups in total. The molecule has 0 atom stereocenters. The Kier molecular flexibility index (Phi) is 3.05. The summed E-state index contributed by atoms with van der Waals surface area (Å²) in [6.07, 6.45) is 0. The van der Waals surface area contributed by atoms with Crippen molar-refractivity contribution in [2.24, 2.45) is 0 Å². The molecule has 0 heterocycles. The topological polar surface area (TPSA) is 26.3 Å². The first-order valence-corrected chi connectivity index (χ1v) is 3.78. The zero-order chi connectivity index (χ0) is 8.97. The molecule has 1 aromatic carbocycles. The molecule has 64 valence electrons. The molecule has 0 aromatic heterocycles. The minimum Gasteiger partial charge on any atom is -0.426 e. The summed E-state index contributed by atoms with van der Waals surface area (Å²) in [4.78, 5) is 10.6. The Morgan fingerprint density at radius 2 is 2.33 bits per heavy atom. The van der Waals surface area contributed by atoms with E-state index in [-0.39, 0.29) is 11.6 Å². The Hall–Kier alpha value is -1.09. The van der Waals surface area contributed by atoms with E-state index in [1.54, 1.807) is 0 Å². The number of rotatable bonds is 2. The van der Waals surface area contributed by atoms with Crippen molar-refractivity contribution >= 4 is 17.6 Å². The van der Waals surface area contributed by atoms with Gasteiger partial charge in [-0.3, -0.25) is 4.79 Å². The highest BCUT2D eigenvalue weighted by molar-refractivity contribution is 6.26. The minimum atomic E-state index is -0.595. The Morgan fingerprint density at radius 3 is 2.92 bits per heavy atom. The SMILES string of the molecule is O=C(CCl)Oc1cccc(F)c1. The van der Waals surface area contributed by atoms with Crippen molar-refractivity contribution in [2.75, 3.05) is 5.88 Å². The lowest BCUT2D eigenvalue weighted by atomic mass is 10.3. The van der Waals surface area contributed by atoms with Crippen molar-refractivity contribution in [3.63, 3.8) is 0 Å². The minimum absolute atomic E-state index is 0.167. The maximum absolute atomic E-state index is 12.5. The van der Waals surface area contributed by atoms with E-state index in [1.807, 2.05) is 0 Å². The van der Waals surface area contributed by atoms with Crippen LogP contribution in [0.1, 0.15) is 0 Å². The van der Waals surface area contributed by atoms with Gasteiger partial charge in [-0.15, -0.1) is 11.6 Å². The molecule has 0 saturated heterocycles. The molecule has 0 fully saturated rings. The summed E-state index contributed by atoms with van der Waals surface area (Å²) in [5.41, 5.74) is 0. The molecule has 4 heteroatoms. The van der Waals surface area contributed by atoms with Crippen LogP contribution in [0.5, 0.6) is 5.75 Å². The van der Waals surface area contributed by atoms with Gasteiger partial charge < -0.3 is 4.74 Å². The third kappa shape index (κ3) is 2.51. The van der Waals surface area contributed by atoms with Gasteiger partial charge in [-0.2, -0.15) is 0 Å². The van der Waals surface area contributed by atoms with Crippen molar-refractivity contribution in [2.45, 2.75) is 0 Å². The quantitative estimate of drug-likeness (QED) is 0.403. The average molecular weight is 189 g/mol. The summed E-state index contributed by atoms with van der Waals surface area (Å²) in [5.74, 6) is -1.12. The molecule has 1 rings (SSSR count). The lowest BCUT2D eigenvalue weighted by Crippen LogP contribution is -2.08. The van der Waals surface area contributed by atoms with E-state index in [4.69, 9.17) is 11.6 Å².